The van der Waals surface area contributed by atoms with E-state index in [0.717, 1.165) is 102 Å². The van der Waals surface area contributed by atoms with E-state index in [1.54, 1.807) is 12.1 Å². The normalized spacial score (nSPS) is 27.4. The van der Waals surface area contributed by atoms with E-state index < -0.39 is 29.5 Å². The van der Waals surface area contributed by atoms with Crippen molar-refractivity contribution in [3.05, 3.63) is 52.1 Å². The fourth-order valence-corrected chi connectivity index (χ4v) is 13.9. The molecule has 0 spiro atoms. The minimum absolute atomic E-state index is 0.0560. The van der Waals surface area contributed by atoms with Gasteiger partial charge in [0.25, 0.3) is 5.91 Å². The SMILES string of the molecule is CO[C@@H](C)c1ncc(N2CCN(C3CC3)CC2)cc1-c1c2c3cc(ccc3n1CCOC1CCOCC1)-c1csc(n1)[C@@H](N1CCOCC1)[C@H](NC(=O)N1C[C@@H]3COCC[C@@H]31)C(=O)N1CCC[C@H](N1)C(=O)OCC(C)(C)C2. The van der Waals surface area contributed by atoms with Gasteiger partial charge in [-0.3, -0.25) is 29.4 Å². The summed E-state index contributed by atoms with van der Waals surface area (Å²) in [5.41, 5.74) is 10.6. The van der Waals surface area contributed by atoms with Gasteiger partial charge in [0.15, 0.2) is 0 Å². The Kier molecular flexibility index (Phi) is 15.6. The van der Waals surface area contributed by atoms with Gasteiger partial charge in [-0.15, -0.1) is 11.3 Å². The largest absolute Gasteiger partial charge is 0.464 e. The van der Waals surface area contributed by atoms with Crippen molar-refractivity contribution in [2.45, 2.75) is 121 Å². The first kappa shape index (κ1) is 52.9. The summed E-state index contributed by atoms with van der Waals surface area (Å²) in [6.07, 6.45) is 8.55. The maximum atomic E-state index is 15.3. The lowest BCUT2D eigenvalue weighted by Crippen LogP contribution is -2.68. The lowest BCUT2D eigenvalue weighted by atomic mass is 9.84. The van der Waals surface area contributed by atoms with Crippen LogP contribution in [0.1, 0.15) is 94.1 Å². The number of ether oxygens (including phenoxy) is 6. The Bertz CT molecular complexity index is 2760. The molecular weight excluding hydrogens is 1000 g/mol. The number of hydrogen-bond acceptors (Lipinski definition) is 16. The number of morpholine rings is 1. The van der Waals surface area contributed by atoms with Crippen molar-refractivity contribution >= 4 is 45.8 Å². The number of aromatic nitrogens is 3. The number of amides is 3. The highest BCUT2D eigenvalue weighted by atomic mass is 32.1. The summed E-state index contributed by atoms with van der Waals surface area (Å²) in [5, 5.41) is 8.68. The van der Waals surface area contributed by atoms with E-state index in [0.29, 0.717) is 103 Å². The monoisotopic (exact) mass is 1080 g/mol. The molecule has 1 saturated carbocycles. The molecule has 7 aliphatic heterocycles. The number of nitrogens with zero attached hydrogens (tertiary/aromatic N) is 8. The zero-order chi connectivity index (χ0) is 52.8. The maximum absolute atomic E-state index is 15.3. The Labute approximate surface area is 456 Å². The predicted molar refractivity (Wildman–Crippen MR) is 291 cm³/mol. The minimum Gasteiger partial charge on any atom is -0.464 e. The van der Waals surface area contributed by atoms with Crippen LogP contribution in [-0.4, -0.2) is 195 Å². The Morgan fingerprint density at radius 3 is 2.51 bits per heavy atom. The number of piperazine rings is 1. The lowest BCUT2D eigenvalue weighted by molar-refractivity contribution is -0.155. The number of fused-ring (bicyclic) bond motifs is 7. The number of esters is 1. The van der Waals surface area contributed by atoms with Crippen LogP contribution in [0.25, 0.3) is 33.4 Å². The molecule has 0 unspecified atom stereocenters. The van der Waals surface area contributed by atoms with Crippen molar-refractivity contribution in [3.8, 4) is 22.5 Å². The number of methoxy groups -OCH3 is 1. The smallest absolute Gasteiger partial charge is 0.324 e. The lowest BCUT2D eigenvalue weighted by Gasteiger charge is -2.51. The zero-order valence-corrected chi connectivity index (χ0v) is 46.2. The summed E-state index contributed by atoms with van der Waals surface area (Å²) in [7, 11) is 1.74. The second kappa shape index (κ2) is 22.8. The molecular formula is C57H78N10O9S. The van der Waals surface area contributed by atoms with E-state index in [2.05, 4.69) is 80.4 Å². The van der Waals surface area contributed by atoms with Crippen molar-refractivity contribution < 1.29 is 42.8 Å². The standard InChI is InChI=1S/C57H78N10O9S/c1-36(71-4)49-43(29-40(31-58-49)63-17-15-62(16-18-63)39-8-9-39)51-44-30-57(2,3)35-76-55(69)45-6-5-14-67(61-45)54(68)50(60-56(70)66-32-38-33-74-24-13-47(38)66)52(64-19-25-73-26-20-64)53-59-46(34-77-53)37-7-10-48(42(44)28-37)65(51)21-27-75-41-11-22-72-23-12-41/h7,10,28-29,31,34,36,38-39,41,45,47,50,52,61H,5-6,8-9,11-27,30,32-33,35H2,1-4H3,(H,60,70)/t36-,38+,45-,47-,50-,52-/m0/s1. The number of carbonyl (C=O) groups excluding carboxylic acids is 3. The molecule has 416 valence electrons. The third kappa shape index (κ3) is 11.1. The van der Waals surface area contributed by atoms with Crippen LogP contribution in [-0.2, 0) is 51.0 Å². The van der Waals surface area contributed by atoms with Crippen LogP contribution in [0.4, 0.5) is 10.5 Å². The van der Waals surface area contributed by atoms with E-state index in [4.69, 9.17) is 38.4 Å². The molecule has 0 radical (unpaired) electrons. The third-order valence-corrected chi connectivity index (χ3v) is 18.5. The summed E-state index contributed by atoms with van der Waals surface area (Å²) in [6.45, 7) is 17.1. The Morgan fingerprint density at radius 2 is 1.73 bits per heavy atom. The zero-order valence-electron chi connectivity index (χ0n) is 45.4. The summed E-state index contributed by atoms with van der Waals surface area (Å²) >= 11 is 1.50. The van der Waals surface area contributed by atoms with E-state index in [1.165, 1.54) is 24.2 Å². The second-order valence-corrected chi connectivity index (χ2v) is 24.2. The molecule has 4 aromatic rings. The number of urea groups is 1. The van der Waals surface area contributed by atoms with Gasteiger partial charge in [-0.25, -0.2) is 15.2 Å². The van der Waals surface area contributed by atoms with Gasteiger partial charge < -0.3 is 48.1 Å². The number of carbonyl (C=O) groups is 3. The van der Waals surface area contributed by atoms with Crippen LogP contribution in [0.2, 0.25) is 0 Å². The number of likely N-dealkylation sites (tertiary alicyclic amines) is 1. The molecule has 6 saturated heterocycles. The van der Waals surface area contributed by atoms with Gasteiger partial charge in [0.1, 0.15) is 17.1 Å². The van der Waals surface area contributed by atoms with E-state index in [1.807, 2.05) is 11.1 Å². The van der Waals surface area contributed by atoms with Crippen molar-refractivity contribution in [1.29, 1.82) is 0 Å². The number of cyclic esters (lactones) is 1. The van der Waals surface area contributed by atoms with Crippen LogP contribution < -0.4 is 15.6 Å². The molecule has 1 aliphatic carbocycles. The Hall–Kier alpha value is -4.77. The first-order valence-electron chi connectivity index (χ1n) is 28.5. The molecule has 77 heavy (non-hydrogen) atoms. The van der Waals surface area contributed by atoms with Crippen LogP contribution in [0.3, 0.4) is 0 Å². The van der Waals surface area contributed by atoms with Gasteiger partial charge in [0.05, 0.1) is 80.3 Å². The molecule has 3 aromatic heterocycles. The summed E-state index contributed by atoms with van der Waals surface area (Å²) in [4.78, 5) is 64.2. The molecule has 6 atom stereocenters. The number of thiazole rings is 1. The van der Waals surface area contributed by atoms with Crippen molar-refractivity contribution in [2.24, 2.45) is 11.3 Å². The number of nitrogens with one attached hydrogen (secondary N) is 2. The maximum Gasteiger partial charge on any atom is 0.324 e. The third-order valence-electron chi connectivity index (χ3n) is 17.5. The Morgan fingerprint density at radius 1 is 0.935 bits per heavy atom. The molecule has 19 nitrogen and oxygen atoms in total. The van der Waals surface area contributed by atoms with E-state index in [9.17, 15) is 9.59 Å². The second-order valence-electron chi connectivity index (χ2n) is 23.3. The molecule has 2 N–H and O–H groups in total. The van der Waals surface area contributed by atoms with E-state index in [-0.39, 0.29) is 42.7 Å². The Balaban J connectivity index is 0.993. The number of hydrogen-bond donors (Lipinski definition) is 2. The predicted octanol–water partition coefficient (Wildman–Crippen LogP) is 5.81. The van der Waals surface area contributed by atoms with Crippen LogP contribution in [0.5, 0.6) is 0 Å². The molecule has 1 aromatic carbocycles. The van der Waals surface area contributed by atoms with E-state index >= 15 is 4.79 Å². The molecule has 8 aliphatic rings. The van der Waals surface area contributed by atoms with Crippen molar-refractivity contribution in [3.63, 3.8) is 0 Å². The molecule has 7 fully saturated rings. The topological polar surface area (TPSA) is 178 Å². The summed E-state index contributed by atoms with van der Waals surface area (Å²) < 4.78 is 38.9. The first-order valence-corrected chi connectivity index (χ1v) is 29.4. The van der Waals surface area contributed by atoms with Gasteiger partial charge in [0.2, 0.25) is 0 Å². The number of benzene rings is 1. The molecule has 3 amide bonds. The van der Waals surface area contributed by atoms with Crippen LogP contribution >= 0.6 is 11.3 Å². The average molecular weight is 1080 g/mol. The first-order chi connectivity index (χ1) is 37.5. The molecule has 12 rings (SSSR count). The molecule has 10 heterocycles. The van der Waals surface area contributed by atoms with Gasteiger partial charge in [-0.1, -0.05) is 19.9 Å². The highest BCUT2D eigenvalue weighted by molar-refractivity contribution is 7.10. The highest BCUT2D eigenvalue weighted by Crippen LogP contribution is 2.44. The van der Waals surface area contributed by atoms with Gasteiger partial charge >= 0.3 is 12.0 Å². The number of pyridine rings is 1. The van der Waals surface area contributed by atoms with Gasteiger partial charge in [0, 0.05) is 137 Å². The highest BCUT2D eigenvalue weighted by Gasteiger charge is 2.48. The average Bonchev–Trinajstić information content (AvgIpc) is 4.24. The quantitative estimate of drug-likeness (QED) is 0.172. The molecule has 6 bridgehead atoms. The van der Waals surface area contributed by atoms with Crippen LogP contribution in [0, 0.1) is 11.3 Å². The minimum atomic E-state index is -1.04. The van der Waals surface area contributed by atoms with Crippen molar-refractivity contribution in [2.75, 3.05) is 117 Å². The fourth-order valence-electron chi connectivity index (χ4n) is 12.9. The fraction of sp³-hybridized carbons (Fsp3) is 0.667. The van der Waals surface area contributed by atoms with Crippen LogP contribution in [0.15, 0.2) is 35.8 Å². The number of anilines is 1. The number of rotatable bonds is 11. The molecule has 20 heteroatoms. The summed E-state index contributed by atoms with van der Waals surface area (Å²) in [5.74, 6) is -0.459. The van der Waals surface area contributed by atoms with Gasteiger partial charge in [-0.05, 0) is 82.1 Å². The van der Waals surface area contributed by atoms with Crippen molar-refractivity contribution in [1.82, 2.24) is 45.0 Å². The summed E-state index contributed by atoms with van der Waals surface area (Å²) in [6, 6.07) is 7.04. The van der Waals surface area contributed by atoms with Gasteiger partial charge in [-0.2, -0.15) is 0 Å². The number of hydrazine groups is 1.